The van der Waals surface area contributed by atoms with E-state index in [9.17, 15) is 13.2 Å². The zero-order valence-electron chi connectivity index (χ0n) is 16.6. The van der Waals surface area contributed by atoms with E-state index in [4.69, 9.17) is 16.0 Å². The predicted molar refractivity (Wildman–Crippen MR) is 121 cm³/mol. The maximum Gasteiger partial charge on any atom is 0.271 e. The Bertz CT molecular complexity index is 1120. The number of amides is 1. The molecule has 0 spiro atoms. The summed E-state index contributed by atoms with van der Waals surface area (Å²) >= 11 is 6.80. The Hall–Kier alpha value is -2.33. The lowest BCUT2D eigenvalue weighted by Crippen LogP contribution is -2.36. The number of rotatable bonds is 8. The van der Waals surface area contributed by atoms with Gasteiger partial charge in [-0.3, -0.25) is 14.4 Å². The second-order valence-corrected chi connectivity index (χ2v) is 10.9. The summed E-state index contributed by atoms with van der Waals surface area (Å²) in [5, 5.41) is 2.97. The summed E-state index contributed by atoms with van der Waals surface area (Å²) in [5.41, 5.74) is 0.813. The van der Waals surface area contributed by atoms with Crippen molar-refractivity contribution in [1.29, 1.82) is 0 Å². The lowest BCUT2D eigenvalue weighted by Gasteiger charge is -2.26. The van der Waals surface area contributed by atoms with Crippen molar-refractivity contribution in [3.63, 3.8) is 0 Å². The number of anilines is 1. The molecule has 3 heterocycles. The molecule has 0 aliphatic carbocycles. The molecule has 2 N–H and O–H groups in total. The first-order chi connectivity index (χ1) is 14.9. The Kier molecular flexibility index (Phi) is 6.66. The molecule has 2 aromatic heterocycles. The quantitative estimate of drug-likeness (QED) is 0.500. The topological polar surface area (TPSA) is 91.7 Å². The van der Waals surface area contributed by atoms with Crippen molar-refractivity contribution < 1.29 is 17.6 Å². The predicted octanol–water partition coefficient (Wildman–Crippen LogP) is 4.36. The monoisotopic (exact) mass is 479 g/mol. The summed E-state index contributed by atoms with van der Waals surface area (Å²) in [4.78, 5) is 15.0. The molecule has 164 valence electrons. The zero-order valence-corrected chi connectivity index (χ0v) is 19.0. The van der Waals surface area contributed by atoms with Crippen LogP contribution in [0.5, 0.6) is 0 Å². The van der Waals surface area contributed by atoms with Gasteiger partial charge in [0.15, 0.2) is 0 Å². The largest absolute Gasteiger partial charge is 0.468 e. The Morgan fingerprint density at radius 1 is 1.13 bits per heavy atom. The van der Waals surface area contributed by atoms with E-state index in [1.165, 1.54) is 12.1 Å². The Labute approximate surface area is 190 Å². The van der Waals surface area contributed by atoms with Crippen LogP contribution < -0.4 is 10.0 Å². The third-order valence-electron chi connectivity index (χ3n) is 5.12. The van der Waals surface area contributed by atoms with E-state index >= 15 is 0 Å². The van der Waals surface area contributed by atoms with Crippen LogP contribution >= 0.6 is 22.9 Å². The van der Waals surface area contributed by atoms with Crippen LogP contribution in [0.25, 0.3) is 0 Å². The first kappa shape index (κ1) is 21.9. The fourth-order valence-corrected chi connectivity index (χ4v) is 6.11. The molecule has 10 heteroatoms. The van der Waals surface area contributed by atoms with Gasteiger partial charge in [0.05, 0.1) is 16.6 Å². The number of carbonyl (C=O) groups is 1. The SMILES string of the molecule is O=C(NC[C@@H](c1ccco1)N1CCCC1)c1ccc(NS(=O)(=O)c2ccc(Cl)s2)cc1. The van der Waals surface area contributed by atoms with E-state index in [1.54, 1.807) is 30.5 Å². The molecule has 1 saturated heterocycles. The highest BCUT2D eigenvalue weighted by molar-refractivity contribution is 7.94. The molecule has 1 atom stereocenters. The van der Waals surface area contributed by atoms with Gasteiger partial charge in [0.2, 0.25) is 0 Å². The second-order valence-electron chi connectivity index (χ2n) is 7.23. The molecule has 3 aromatic rings. The average Bonchev–Trinajstić information content (AvgIpc) is 3.52. The van der Waals surface area contributed by atoms with Crippen LogP contribution in [0.1, 0.15) is 35.0 Å². The fourth-order valence-electron chi connectivity index (χ4n) is 3.57. The zero-order chi connectivity index (χ0) is 21.8. The molecule has 1 fully saturated rings. The van der Waals surface area contributed by atoms with E-state index < -0.39 is 10.0 Å². The minimum Gasteiger partial charge on any atom is -0.468 e. The van der Waals surface area contributed by atoms with Crippen molar-refractivity contribution in [3.05, 3.63) is 70.5 Å². The van der Waals surface area contributed by atoms with Crippen LogP contribution in [0.15, 0.2) is 63.4 Å². The smallest absolute Gasteiger partial charge is 0.271 e. The summed E-state index contributed by atoms with van der Waals surface area (Å²) in [6, 6.07) is 13.1. The van der Waals surface area contributed by atoms with Crippen LogP contribution in [-0.2, 0) is 10.0 Å². The maximum absolute atomic E-state index is 12.6. The molecular formula is C21H22ClN3O4S2. The molecule has 1 aromatic carbocycles. The Morgan fingerprint density at radius 3 is 2.48 bits per heavy atom. The highest BCUT2D eigenvalue weighted by Gasteiger charge is 2.26. The molecule has 31 heavy (non-hydrogen) atoms. The van der Waals surface area contributed by atoms with Crippen molar-refractivity contribution in [2.45, 2.75) is 23.1 Å². The Balaban J connectivity index is 1.39. The third-order valence-corrected chi connectivity index (χ3v) is 8.23. The van der Waals surface area contributed by atoms with Crippen molar-refractivity contribution in [3.8, 4) is 0 Å². The van der Waals surface area contributed by atoms with Gasteiger partial charge in [-0.1, -0.05) is 11.6 Å². The number of hydrogen-bond donors (Lipinski definition) is 2. The fraction of sp³-hybridized carbons (Fsp3) is 0.286. The summed E-state index contributed by atoms with van der Waals surface area (Å²) in [5.74, 6) is 0.607. The van der Waals surface area contributed by atoms with Crippen molar-refractivity contribution in [1.82, 2.24) is 10.2 Å². The minimum atomic E-state index is -3.71. The number of thiophene rings is 1. The second kappa shape index (κ2) is 9.44. The number of nitrogens with one attached hydrogen (secondary N) is 2. The lowest BCUT2D eigenvalue weighted by molar-refractivity contribution is 0.0934. The molecule has 1 amide bonds. The number of likely N-dealkylation sites (tertiary alicyclic amines) is 1. The minimum absolute atomic E-state index is 0.00912. The standard InChI is InChI=1S/C21H22ClN3O4S2/c22-19-9-10-20(30-19)31(27,28)24-16-7-5-15(6-8-16)21(26)23-14-17(18-4-3-13-29-18)25-11-1-2-12-25/h3-10,13,17,24H,1-2,11-12,14H2,(H,23,26)/t17-/m0/s1. The highest BCUT2D eigenvalue weighted by Crippen LogP contribution is 2.27. The van der Waals surface area contributed by atoms with E-state index in [1.807, 2.05) is 12.1 Å². The van der Waals surface area contributed by atoms with E-state index in [-0.39, 0.29) is 16.2 Å². The normalized spacial score (nSPS) is 15.6. The van der Waals surface area contributed by atoms with E-state index in [2.05, 4.69) is 14.9 Å². The van der Waals surface area contributed by atoms with Gasteiger partial charge in [-0.25, -0.2) is 8.42 Å². The van der Waals surface area contributed by atoms with Gasteiger partial charge in [0, 0.05) is 17.8 Å². The molecule has 0 saturated carbocycles. The molecule has 1 aliphatic heterocycles. The summed E-state index contributed by atoms with van der Waals surface area (Å²) in [6.07, 6.45) is 3.92. The molecular weight excluding hydrogens is 458 g/mol. The number of nitrogens with zero attached hydrogens (tertiary/aromatic N) is 1. The van der Waals surface area contributed by atoms with Gasteiger partial charge in [0.1, 0.15) is 9.97 Å². The van der Waals surface area contributed by atoms with Crippen LogP contribution in [0.2, 0.25) is 4.34 Å². The van der Waals surface area contributed by atoms with Gasteiger partial charge in [-0.2, -0.15) is 0 Å². The van der Waals surface area contributed by atoms with Crippen LogP contribution in [0.4, 0.5) is 5.69 Å². The third kappa shape index (κ3) is 5.30. The first-order valence-electron chi connectivity index (χ1n) is 9.86. The number of halogens is 1. The molecule has 4 rings (SSSR count). The maximum atomic E-state index is 12.6. The van der Waals surface area contributed by atoms with Gasteiger partial charge in [-0.05, 0) is 74.5 Å². The number of hydrogen-bond acceptors (Lipinski definition) is 6. The van der Waals surface area contributed by atoms with Crippen molar-refractivity contribution in [2.75, 3.05) is 24.4 Å². The number of sulfonamides is 1. The highest BCUT2D eigenvalue weighted by atomic mass is 35.5. The van der Waals surface area contributed by atoms with Crippen molar-refractivity contribution in [2.24, 2.45) is 0 Å². The molecule has 0 radical (unpaired) electrons. The Morgan fingerprint density at radius 2 is 1.87 bits per heavy atom. The van der Waals surface area contributed by atoms with Crippen LogP contribution in [0.3, 0.4) is 0 Å². The summed E-state index contributed by atoms with van der Waals surface area (Å²) < 4.78 is 33.4. The van der Waals surface area contributed by atoms with E-state index in [0.29, 0.717) is 22.1 Å². The van der Waals surface area contributed by atoms with Gasteiger partial charge < -0.3 is 9.73 Å². The average molecular weight is 480 g/mol. The lowest BCUT2D eigenvalue weighted by atomic mass is 10.1. The van der Waals surface area contributed by atoms with Gasteiger partial charge in [-0.15, -0.1) is 11.3 Å². The van der Waals surface area contributed by atoms with Crippen LogP contribution in [-0.4, -0.2) is 38.9 Å². The van der Waals surface area contributed by atoms with Gasteiger partial charge in [0.25, 0.3) is 15.9 Å². The summed E-state index contributed by atoms with van der Waals surface area (Å²) in [7, 11) is -3.71. The number of carbonyl (C=O) groups excluding carboxylic acids is 1. The number of benzene rings is 1. The van der Waals surface area contributed by atoms with Crippen LogP contribution in [0, 0.1) is 0 Å². The molecule has 0 unspecified atom stereocenters. The molecule has 0 bridgehead atoms. The van der Waals surface area contributed by atoms with Gasteiger partial charge >= 0.3 is 0 Å². The first-order valence-corrected chi connectivity index (χ1v) is 12.5. The molecule has 7 nitrogen and oxygen atoms in total. The summed E-state index contributed by atoms with van der Waals surface area (Å²) in [6.45, 7) is 2.39. The number of furan rings is 1. The van der Waals surface area contributed by atoms with E-state index in [0.717, 1.165) is 43.0 Å². The molecule has 1 aliphatic rings. The van der Waals surface area contributed by atoms with Crippen molar-refractivity contribution >= 4 is 44.6 Å².